The molecule has 4 aliphatic heterocycles. The molecule has 7 atom stereocenters. The van der Waals surface area contributed by atoms with E-state index in [1.807, 2.05) is 86.7 Å². The van der Waals surface area contributed by atoms with Crippen LogP contribution in [0.15, 0.2) is 78.9 Å². The third kappa shape index (κ3) is 5.08. The Morgan fingerprint density at radius 3 is 2.18 bits per heavy atom. The molecule has 1 unspecified atom stereocenters. The number of hydrogen-bond donors (Lipinski definition) is 1. The van der Waals surface area contributed by atoms with Crippen LogP contribution in [-0.4, -0.2) is 82.6 Å². The Balaban J connectivity index is 1.44. The molecule has 238 valence electrons. The molecule has 45 heavy (non-hydrogen) atoms. The number of para-hydroxylation sites is 1. The van der Waals surface area contributed by atoms with Crippen molar-refractivity contribution in [2.24, 2.45) is 17.8 Å². The number of thioether (sulfide) groups is 1. The summed E-state index contributed by atoms with van der Waals surface area (Å²) < 4.78 is -0.944. The summed E-state index contributed by atoms with van der Waals surface area (Å²) in [6.45, 7) is 10.6. The van der Waals surface area contributed by atoms with Crippen molar-refractivity contribution < 1.29 is 19.5 Å². The molecule has 1 N–H and O–H groups in total. The first-order chi connectivity index (χ1) is 21.8. The first kappa shape index (κ1) is 31.4. The van der Waals surface area contributed by atoms with E-state index in [2.05, 4.69) is 24.8 Å². The Labute approximate surface area is 270 Å². The van der Waals surface area contributed by atoms with Crippen LogP contribution in [0.25, 0.3) is 0 Å². The van der Waals surface area contributed by atoms with E-state index in [1.54, 1.807) is 26.5 Å². The van der Waals surface area contributed by atoms with Crippen molar-refractivity contribution in [2.45, 2.75) is 56.2 Å². The lowest BCUT2D eigenvalue weighted by Gasteiger charge is -2.40. The lowest BCUT2D eigenvalue weighted by atomic mass is 9.78. The van der Waals surface area contributed by atoms with E-state index in [0.717, 1.165) is 36.6 Å². The van der Waals surface area contributed by atoms with E-state index in [-0.39, 0.29) is 35.5 Å². The van der Waals surface area contributed by atoms with Crippen molar-refractivity contribution in [1.29, 1.82) is 0 Å². The summed E-state index contributed by atoms with van der Waals surface area (Å²) in [4.78, 5) is 51.6. The Bertz CT molecular complexity index is 1480. The van der Waals surface area contributed by atoms with Crippen molar-refractivity contribution in [3.05, 3.63) is 78.9 Å². The van der Waals surface area contributed by atoms with Gasteiger partial charge in [0.2, 0.25) is 11.8 Å². The second kappa shape index (κ2) is 12.7. The molecule has 0 aromatic heterocycles. The van der Waals surface area contributed by atoms with Gasteiger partial charge in [0.15, 0.2) is 0 Å². The van der Waals surface area contributed by atoms with Gasteiger partial charge in [-0.05, 0) is 56.2 Å². The van der Waals surface area contributed by atoms with Gasteiger partial charge in [0.05, 0.1) is 29.2 Å². The quantitative estimate of drug-likeness (QED) is 0.404. The van der Waals surface area contributed by atoms with Gasteiger partial charge in [-0.25, -0.2) is 0 Å². The van der Waals surface area contributed by atoms with Crippen molar-refractivity contribution in [3.8, 4) is 0 Å². The highest BCUT2D eigenvalue weighted by molar-refractivity contribution is 8.02. The zero-order valence-electron chi connectivity index (χ0n) is 26.6. The van der Waals surface area contributed by atoms with Crippen LogP contribution in [-0.2, 0) is 14.4 Å². The zero-order valence-corrected chi connectivity index (χ0v) is 27.4. The average molecular weight is 629 g/mol. The zero-order chi connectivity index (χ0) is 31.9. The van der Waals surface area contributed by atoms with Crippen LogP contribution in [0.4, 0.5) is 17.1 Å². The fourth-order valence-corrected chi connectivity index (χ4v) is 9.75. The lowest BCUT2D eigenvalue weighted by Crippen LogP contribution is -2.58. The van der Waals surface area contributed by atoms with Gasteiger partial charge in [-0.1, -0.05) is 62.8 Å². The van der Waals surface area contributed by atoms with Crippen LogP contribution >= 0.6 is 11.8 Å². The molecule has 4 heterocycles. The molecule has 4 aliphatic rings. The van der Waals surface area contributed by atoms with Gasteiger partial charge < -0.3 is 24.7 Å². The molecule has 0 aliphatic carbocycles. The first-order valence-corrected chi connectivity index (χ1v) is 17.2. The highest BCUT2D eigenvalue weighted by atomic mass is 32.2. The molecular formula is C36H44N4O4S. The maximum absolute atomic E-state index is 14.9. The molecule has 6 rings (SSSR count). The van der Waals surface area contributed by atoms with Crippen LogP contribution in [0.3, 0.4) is 0 Å². The first-order valence-electron chi connectivity index (χ1n) is 16.3. The van der Waals surface area contributed by atoms with Gasteiger partial charge in [0, 0.05) is 48.5 Å². The number of amides is 3. The van der Waals surface area contributed by atoms with E-state index in [0.29, 0.717) is 13.1 Å². The maximum atomic E-state index is 14.9. The number of aliphatic hydroxyl groups excluding tert-OH is 1. The molecule has 2 fully saturated rings. The lowest BCUT2D eigenvalue weighted by molar-refractivity contribution is -0.142. The molecule has 0 saturated carbocycles. The highest BCUT2D eigenvalue weighted by Crippen LogP contribution is 2.61. The second-order valence-electron chi connectivity index (χ2n) is 12.5. The van der Waals surface area contributed by atoms with E-state index in [9.17, 15) is 19.5 Å². The van der Waals surface area contributed by atoms with Gasteiger partial charge >= 0.3 is 0 Å². The van der Waals surface area contributed by atoms with Crippen LogP contribution in [0.1, 0.15) is 34.1 Å². The minimum atomic E-state index is -0.944. The second-order valence-corrected chi connectivity index (χ2v) is 14.0. The van der Waals surface area contributed by atoms with Crippen molar-refractivity contribution in [3.63, 3.8) is 0 Å². The van der Waals surface area contributed by atoms with Crippen LogP contribution in [0.2, 0.25) is 0 Å². The minimum absolute atomic E-state index is 0.0389. The summed E-state index contributed by atoms with van der Waals surface area (Å²) >= 11 is 1.57. The van der Waals surface area contributed by atoms with Crippen molar-refractivity contribution in [2.75, 3.05) is 47.5 Å². The van der Waals surface area contributed by atoms with E-state index >= 15 is 0 Å². The molecule has 2 aromatic carbocycles. The van der Waals surface area contributed by atoms with Gasteiger partial charge in [0.1, 0.15) is 6.04 Å². The number of benzene rings is 2. The van der Waals surface area contributed by atoms with Gasteiger partial charge in [0.25, 0.3) is 5.91 Å². The predicted octanol–water partition coefficient (Wildman–Crippen LogP) is 4.74. The summed E-state index contributed by atoms with van der Waals surface area (Å²) in [6.07, 6.45) is 8.85. The molecule has 0 bridgehead atoms. The van der Waals surface area contributed by atoms with E-state index < -0.39 is 28.7 Å². The van der Waals surface area contributed by atoms with E-state index in [1.165, 1.54) is 0 Å². The number of carbonyl (C=O) groups is 3. The highest BCUT2D eigenvalue weighted by Gasteiger charge is 2.72. The summed E-state index contributed by atoms with van der Waals surface area (Å²) in [7, 11) is 0. The Morgan fingerprint density at radius 1 is 0.889 bits per heavy atom. The van der Waals surface area contributed by atoms with Crippen molar-refractivity contribution >= 4 is 46.5 Å². The number of nitrogens with zero attached hydrogens (tertiary/aromatic N) is 4. The van der Waals surface area contributed by atoms with Gasteiger partial charge in [-0.2, -0.15) is 0 Å². The third-order valence-corrected chi connectivity index (χ3v) is 12.0. The van der Waals surface area contributed by atoms with Crippen molar-refractivity contribution in [1.82, 2.24) is 4.90 Å². The largest absolute Gasteiger partial charge is 0.394 e. The average Bonchev–Trinajstić information content (AvgIpc) is 3.38. The fraction of sp³-hybridized carbons (Fsp3) is 0.472. The van der Waals surface area contributed by atoms with Crippen LogP contribution in [0, 0.1) is 17.8 Å². The number of carbonyl (C=O) groups excluding carboxylic acids is 3. The summed E-state index contributed by atoms with van der Waals surface area (Å²) in [5.41, 5.74) is 2.64. The number of anilines is 3. The SMILES string of the molecule is CC[C@H](C)[C@H](CO)N1C(=O)[C@@H]2[C@@H]3C(=O)N(c4ccccc4)CC=C[C@@H]3S[C@@]23C=CCN(c2ccc(N(CC)CC)cc2)C(=O)C13. The molecule has 8 nitrogen and oxygen atoms in total. The predicted molar refractivity (Wildman–Crippen MR) is 181 cm³/mol. The fourth-order valence-electron chi connectivity index (χ4n) is 7.75. The standard InChI is InChI=1S/C36H44N4O4S/c1-5-24(4)28(23-41)40-32-35(44)39(27-18-16-25(17-19-27)37(6-2)7-3)22-12-20-36(32)31(34(40)43)30-29(45-36)15-11-21-38(33(30)42)26-13-9-8-10-14-26/h8-20,24,28-32,41H,5-7,21-23H2,1-4H3/t24-,28-,29-,30+,31-,32?,36-/m0/s1. The molecule has 1 spiro atoms. The monoisotopic (exact) mass is 628 g/mol. The molecule has 2 saturated heterocycles. The number of hydrogen-bond acceptors (Lipinski definition) is 6. The molecule has 9 heteroatoms. The number of aliphatic hydroxyl groups is 1. The summed E-state index contributed by atoms with van der Waals surface area (Å²) in [6, 6.07) is 16.2. The molecule has 3 amide bonds. The number of fused-ring (bicyclic) bond motifs is 2. The smallest absolute Gasteiger partial charge is 0.251 e. The normalized spacial score (nSPS) is 28.8. The Morgan fingerprint density at radius 2 is 1.53 bits per heavy atom. The topological polar surface area (TPSA) is 84.4 Å². The molecule has 2 aromatic rings. The summed E-state index contributed by atoms with van der Waals surface area (Å²) in [5.74, 6) is -1.90. The Kier molecular flexibility index (Phi) is 8.85. The molecule has 0 radical (unpaired) electrons. The van der Waals surface area contributed by atoms with E-state index in [4.69, 9.17) is 0 Å². The molecular weight excluding hydrogens is 584 g/mol. The van der Waals surface area contributed by atoms with Crippen LogP contribution < -0.4 is 14.7 Å². The number of likely N-dealkylation sites (tertiary alicyclic amines) is 1. The Hall–Kier alpha value is -3.56. The third-order valence-electron chi connectivity index (χ3n) is 10.3. The summed E-state index contributed by atoms with van der Waals surface area (Å²) in [5, 5.41) is 10.5. The number of rotatable bonds is 9. The maximum Gasteiger partial charge on any atom is 0.251 e. The van der Waals surface area contributed by atoms with Crippen LogP contribution in [0.5, 0.6) is 0 Å². The van der Waals surface area contributed by atoms with Gasteiger partial charge in [-0.3, -0.25) is 14.4 Å². The minimum Gasteiger partial charge on any atom is -0.394 e. The van der Waals surface area contributed by atoms with Gasteiger partial charge in [-0.15, -0.1) is 11.8 Å².